The van der Waals surface area contributed by atoms with Crippen LogP contribution < -0.4 is 5.32 Å². The van der Waals surface area contributed by atoms with Gasteiger partial charge in [0.25, 0.3) is 0 Å². The first-order valence-electron chi connectivity index (χ1n) is 6.72. The minimum atomic E-state index is -0.153. The molecule has 1 aromatic rings. The van der Waals surface area contributed by atoms with Gasteiger partial charge in [-0.25, -0.2) is 4.39 Å². The van der Waals surface area contributed by atoms with Crippen LogP contribution in [0.1, 0.15) is 39.2 Å². The highest BCUT2D eigenvalue weighted by Crippen LogP contribution is 2.20. The van der Waals surface area contributed by atoms with Crippen LogP contribution in [0.15, 0.2) is 22.7 Å². The summed E-state index contributed by atoms with van der Waals surface area (Å²) in [6.45, 7) is 7.63. The zero-order valence-electron chi connectivity index (χ0n) is 11.5. The molecule has 0 fully saturated rings. The molecule has 3 heteroatoms. The molecule has 1 nitrogen and oxygen atoms in total. The highest BCUT2D eigenvalue weighted by molar-refractivity contribution is 9.10. The second kappa shape index (κ2) is 7.90. The molecule has 0 saturated carbocycles. The first-order chi connectivity index (χ1) is 8.54. The predicted molar refractivity (Wildman–Crippen MR) is 79.3 cm³/mol. The van der Waals surface area contributed by atoms with Crippen molar-refractivity contribution in [2.45, 2.75) is 46.1 Å². The van der Waals surface area contributed by atoms with E-state index in [2.05, 4.69) is 42.0 Å². The summed E-state index contributed by atoms with van der Waals surface area (Å²) < 4.78 is 14.2. The molecule has 18 heavy (non-hydrogen) atoms. The van der Waals surface area contributed by atoms with E-state index >= 15 is 0 Å². The van der Waals surface area contributed by atoms with Gasteiger partial charge in [-0.2, -0.15) is 0 Å². The smallest absolute Gasteiger partial charge is 0.123 e. The number of aryl methyl sites for hydroxylation is 1. The third-order valence-corrected chi connectivity index (χ3v) is 4.01. The molecule has 1 N–H and O–H groups in total. The standard InChI is InChI=1S/C15H23BrFN/c1-4-18-15(11(2)3)7-5-6-12-10-13(17)8-9-14(12)16/h8-11,15,18H,4-7H2,1-3H3. The molecule has 0 saturated heterocycles. The van der Waals surface area contributed by atoms with Crippen molar-refractivity contribution < 1.29 is 4.39 Å². The number of halogens is 2. The minimum absolute atomic E-state index is 0.153. The molecule has 1 unspecified atom stereocenters. The Bertz CT molecular complexity index is 366. The molecule has 0 aliphatic rings. The van der Waals surface area contributed by atoms with Crippen molar-refractivity contribution in [3.63, 3.8) is 0 Å². The second-order valence-corrected chi connectivity index (χ2v) is 5.89. The van der Waals surface area contributed by atoms with E-state index in [1.165, 1.54) is 6.07 Å². The number of benzene rings is 1. The van der Waals surface area contributed by atoms with Crippen LogP contribution in [-0.2, 0) is 6.42 Å². The monoisotopic (exact) mass is 315 g/mol. The Kier molecular flexibility index (Phi) is 6.87. The molecule has 102 valence electrons. The van der Waals surface area contributed by atoms with Gasteiger partial charge in [-0.05, 0) is 55.5 Å². The van der Waals surface area contributed by atoms with Gasteiger partial charge in [0, 0.05) is 10.5 Å². The van der Waals surface area contributed by atoms with Crippen LogP contribution in [-0.4, -0.2) is 12.6 Å². The van der Waals surface area contributed by atoms with Crippen LogP contribution in [0, 0.1) is 11.7 Å². The largest absolute Gasteiger partial charge is 0.314 e. The average Bonchev–Trinajstić information content (AvgIpc) is 2.32. The molecule has 0 bridgehead atoms. The predicted octanol–water partition coefficient (Wildman–Crippen LogP) is 4.55. The Balaban J connectivity index is 2.47. The van der Waals surface area contributed by atoms with Gasteiger partial charge >= 0.3 is 0 Å². The van der Waals surface area contributed by atoms with Crippen molar-refractivity contribution >= 4 is 15.9 Å². The van der Waals surface area contributed by atoms with Crippen molar-refractivity contribution in [1.29, 1.82) is 0 Å². The van der Waals surface area contributed by atoms with Crippen LogP contribution >= 0.6 is 15.9 Å². The maximum absolute atomic E-state index is 13.1. The highest BCUT2D eigenvalue weighted by atomic mass is 79.9. The topological polar surface area (TPSA) is 12.0 Å². The first-order valence-corrected chi connectivity index (χ1v) is 7.51. The van der Waals surface area contributed by atoms with Crippen LogP contribution in [0.3, 0.4) is 0 Å². The number of nitrogens with one attached hydrogen (secondary N) is 1. The maximum Gasteiger partial charge on any atom is 0.123 e. The molecule has 0 spiro atoms. The molecular formula is C15H23BrFN. The van der Waals surface area contributed by atoms with Gasteiger partial charge in [-0.1, -0.05) is 36.7 Å². The Morgan fingerprint density at radius 2 is 2.06 bits per heavy atom. The molecule has 0 heterocycles. The Morgan fingerprint density at radius 1 is 1.33 bits per heavy atom. The molecule has 1 atom stereocenters. The molecule has 0 aliphatic heterocycles. The van der Waals surface area contributed by atoms with Crippen molar-refractivity contribution in [3.8, 4) is 0 Å². The lowest BCUT2D eigenvalue weighted by molar-refractivity contribution is 0.377. The molecule has 1 aromatic carbocycles. The maximum atomic E-state index is 13.1. The average molecular weight is 316 g/mol. The zero-order valence-corrected chi connectivity index (χ0v) is 13.1. The van der Waals surface area contributed by atoms with Gasteiger partial charge in [0.2, 0.25) is 0 Å². The quantitative estimate of drug-likeness (QED) is 0.778. The lowest BCUT2D eigenvalue weighted by atomic mass is 9.97. The van der Waals surface area contributed by atoms with E-state index in [9.17, 15) is 4.39 Å². The Morgan fingerprint density at radius 3 is 2.67 bits per heavy atom. The molecule has 0 amide bonds. The molecule has 0 aromatic heterocycles. The molecule has 0 radical (unpaired) electrons. The lowest BCUT2D eigenvalue weighted by Crippen LogP contribution is -2.33. The van der Waals surface area contributed by atoms with E-state index < -0.39 is 0 Å². The van der Waals surface area contributed by atoms with Crippen molar-refractivity contribution in [2.24, 2.45) is 5.92 Å². The third-order valence-electron chi connectivity index (χ3n) is 3.24. The van der Waals surface area contributed by atoms with E-state index in [4.69, 9.17) is 0 Å². The van der Waals surface area contributed by atoms with Crippen LogP contribution in [0.2, 0.25) is 0 Å². The van der Waals surface area contributed by atoms with E-state index in [-0.39, 0.29) is 5.82 Å². The fourth-order valence-electron chi connectivity index (χ4n) is 2.18. The lowest BCUT2D eigenvalue weighted by Gasteiger charge is -2.21. The first kappa shape index (κ1) is 15.6. The van der Waals surface area contributed by atoms with Gasteiger partial charge in [0.1, 0.15) is 5.82 Å². The summed E-state index contributed by atoms with van der Waals surface area (Å²) in [5.41, 5.74) is 1.06. The summed E-state index contributed by atoms with van der Waals surface area (Å²) in [4.78, 5) is 0. The van der Waals surface area contributed by atoms with Crippen molar-refractivity contribution in [1.82, 2.24) is 5.32 Å². The normalized spacial score (nSPS) is 13.0. The molecular weight excluding hydrogens is 293 g/mol. The fraction of sp³-hybridized carbons (Fsp3) is 0.600. The van der Waals surface area contributed by atoms with Gasteiger partial charge in [0.05, 0.1) is 0 Å². The number of hydrogen-bond acceptors (Lipinski definition) is 1. The van der Waals surface area contributed by atoms with Crippen LogP contribution in [0.5, 0.6) is 0 Å². The van der Waals surface area contributed by atoms with Crippen molar-refractivity contribution in [2.75, 3.05) is 6.54 Å². The van der Waals surface area contributed by atoms with Gasteiger partial charge < -0.3 is 5.32 Å². The summed E-state index contributed by atoms with van der Waals surface area (Å²) >= 11 is 3.48. The summed E-state index contributed by atoms with van der Waals surface area (Å²) in [6.07, 6.45) is 3.14. The molecule has 1 rings (SSSR count). The zero-order chi connectivity index (χ0) is 13.5. The number of hydrogen-bond donors (Lipinski definition) is 1. The molecule has 0 aliphatic carbocycles. The summed E-state index contributed by atoms with van der Waals surface area (Å²) in [7, 11) is 0. The van der Waals surface area contributed by atoms with E-state index in [0.29, 0.717) is 12.0 Å². The number of rotatable bonds is 7. The van der Waals surface area contributed by atoms with Crippen molar-refractivity contribution in [3.05, 3.63) is 34.1 Å². The Hall–Kier alpha value is -0.410. The third kappa shape index (κ3) is 5.07. The summed E-state index contributed by atoms with van der Waals surface area (Å²) in [6, 6.07) is 5.46. The minimum Gasteiger partial charge on any atom is -0.314 e. The van der Waals surface area contributed by atoms with E-state index in [0.717, 1.165) is 35.8 Å². The summed E-state index contributed by atoms with van der Waals surface area (Å²) in [5.74, 6) is 0.487. The highest BCUT2D eigenvalue weighted by Gasteiger charge is 2.11. The van der Waals surface area contributed by atoms with E-state index in [1.54, 1.807) is 12.1 Å². The second-order valence-electron chi connectivity index (χ2n) is 5.04. The van der Waals surface area contributed by atoms with Gasteiger partial charge in [-0.3, -0.25) is 0 Å². The van der Waals surface area contributed by atoms with Gasteiger partial charge in [-0.15, -0.1) is 0 Å². The van der Waals surface area contributed by atoms with Crippen LogP contribution in [0.4, 0.5) is 4.39 Å². The Labute approximate surface area is 118 Å². The van der Waals surface area contributed by atoms with E-state index in [1.807, 2.05) is 0 Å². The SMILES string of the molecule is CCNC(CCCc1cc(F)ccc1Br)C(C)C. The summed E-state index contributed by atoms with van der Waals surface area (Å²) in [5, 5.41) is 3.51. The van der Waals surface area contributed by atoms with Gasteiger partial charge in [0.15, 0.2) is 0 Å². The fourth-order valence-corrected chi connectivity index (χ4v) is 2.63. The van der Waals surface area contributed by atoms with Crippen LogP contribution in [0.25, 0.3) is 0 Å².